The molecule has 176 valence electrons. The predicted octanol–water partition coefficient (Wildman–Crippen LogP) is 6.27. The largest absolute Gasteiger partial charge is 0.481 e. The van der Waals surface area contributed by atoms with Crippen molar-refractivity contribution in [2.24, 2.45) is 5.92 Å². The lowest BCUT2D eigenvalue weighted by atomic mass is 9.85. The minimum Gasteiger partial charge on any atom is -0.481 e. The van der Waals surface area contributed by atoms with E-state index in [0.717, 1.165) is 25.7 Å². The van der Waals surface area contributed by atoms with Gasteiger partial charge in [0.1, 0.15) is 29.3 Å². The molecule has 0 saturated heterocycles. The molecule has 0 radical (unpaired) electrons. The fourth-order valence-electron chi connectivity index (χ4n) is 4.25. The van der Waals surface area contributed by atoms with Gasteiger partial charge < -0.3 is 14.8 Å². The van der Waals surface area contributed by atoms with Gasteiger partial charge in [-0.15, -0.1) is 0 Å². The standard InChI is InChI=1S/C26H25F2N3O3/c1-3-22-25(15(2)27)31-26(30-22)20-10-6-17(13-21(20)28)18-7-11-23(29-14-18)34-19-8-4-16(5-9-19)12-24(32)33/h3,6-7,10-11,13-14,16,19H,1-2,4-5,8-9,12H2,(H,30,31)(H,32,33). The lowest BCUT2D eigenvalue weighted by Crippen LogP contribution is -2.25. The van der Waals surface area contributed by atoms with Crippen molar-refractivity contribution >= 4 is 17.9 Å². The summed E-state index contributed by atoms with van der Waals surface area (Å²) in [5, 5.41) is 8.93. The Morgan fingerprint density at radius 1 is 1.21 bits per heavy atom. The number of imidazole rings is 1. The van der Waals surface area contributed by atoms with Crippen molar-refractivity contribution in [3.8, 4) is 28.4 Å². The Morgan fingerprint density at radius 2 is 1.94 bits per heavy atom. The van der Waals surface area contributed by atoms with E-state index in [1.54, 1.807) is 30.5 Å². The highest BCUT2D eigenvalue weighted by Crippen LogP contribution is 2.31. The third-order valence-corrected chi connectivity index (χ3v) is 6.03. The zero-order chi connectivity index (χ0) is 24.2. The Labute approximate surface area is 196 Å². The van der Waals surface area contributed by atoms with Crippen LogP contribution in [0.3, 0.4) is 0 Å². The van der Waals surface area contributed by atoms with Gasteiger partial charge >= 0.3 is 5.97 Å². The van der Waals surface area contributed by atoms with Gasteiger partial charge in [-0.1, -0.05) is 19.2 Å². The van der Waals surface area contributed by atoms with Gasteiger partial charge in [0.25, 0.3) is 0 Å². The number of carboxylic acids is 1. The molecule has 2 N–H and O–H groups in total. The summed E-state index contributed by atoms with van der Waals surface area (Å²) in [6.07, 6.45) is 6.48. The number of rotatable bonds is 8. The number of H-pyrrole nitrogens is 1. The highest BCUT2D eigenvalue weighted by molar-refractivity contribution is 5.71. The van der Waals surface area contributed by atoms with Crippen LogP contribution in [0, 0.1) is 11.7 Å². The molecule has 0 amide bonds. The number of halogens is 2. The fraction of sp³-hybridized carbons (Fsp3) is 0.269. The van der Waals surface area contributed by atoms with Crippen molar-refractivity contribution in [1.29, 1.82) is 0 Å². The average molecular weight is 466 g/mol. The third kappa shape index (κ3) is 5.22. The molecule has 6 nitrogen and oxygen atoms in total. The van der Waals surface area contributed by atoms with Gasteiger partial charge in [0.2, 0.25) is 5.88 Å². The highest BCUT2D eigenvalue weighted by Gasteiger charge is 2.24. The number of pyridine rings is 1. The number of carbonyl (C=O) groups is 1. The molecule has 0 atom stereocenters. The molecule has 1 aliphatic rings. The maximum Gasteiger partial charge on any atom is 0.303 e. The molecular formula is C26H25F2N3O3. The number of carboxylic acid groups (broad SMARTS) is 1. The molecule has 0 aliphatic heterocycles. The van der Waals surface area contributed by atoms with Crippen molar-refractivity contribution in [1.82, 2.24) is 15.0 Å². The summed E-state index contributed by atoms with van der Waals surface area (Å²) in [7, 11) is 0. The maximum atomic E-state index is 14.9. The summed E-state index contributed by atoms with van der Waals surface area (Å²) in [6.45, 7) is 6.85. The van der Waals surface area contributed by atoms with E-state index in [2.05, 4.69) is 28.1 Å². The van der Waals surface area contributed by atoms with Crippen LogP contribution in [0.25, 0.3) is 34.4 Å². The molecule has 2 heterocycles. The Balaban J connectivity index is 1.43. The SMILES string of the molecule is C=Cc1[nH]c(-c2ccc(-c3ccc(OC4CCC(CC(=O)O)CC4)nc3)cc2F)nc1C(=C)F. The summed E-state index contributed by atoms with van der Waals surface area (Å²) >= 11 is 0. The minimum absolute atomic E-state index is 0.00337. The molecule has 3 aromatic rings. The van der Waals surface area contributed by atoms with Crippen LogP contribution in [0.2, 0.25) is 0 Å². The molecule has 1 aliphatic carbocycles. The first-order chi connectivity index (χ1) is 16.3. The summed E-state index contributed by atoms with van der Waals surface area (Å²) in [5.41, 5.74) is 1.88. The molecule has 0 unspecified atom stereocenters. The van der Waals surface area contributed by atoms with Crippen LogP contribution < -0.4 is 4.74 Å². The molecule has 0 spiro atoms. The molecule has 34 heavy (non-hydrogen) atoms. The molecule has 0 bridgehead atoms. The van der Waals surface area contributed by atoms with Gasteiger partial charge in [-0.05, 0) is 61.4 Å². The average Bonchev–Trinajstić information content (AvgIpc) is 3.25. The quantitative estimate of drug-likeness (QED) is 0.409. The van der Waals surface area contributed by atoms with Crippen LogP contribution in [-0.2, 0) is 4.79 Å². The summed E-state index contributed by atoms with van der Waals surface area (Å²) in [4.78, 5) is 22.2. The van der Waals surface area contributed by atoms with E-state index in [1.807, 2.05) is 0 Å². The van der Waals surface area contributed by atoms with E-state index in [0.29, 0.717) is 22.7 Å². The second-order valence-electron chi connectivity index (χ2n) is 8.39. The highest BCUT2D eigenvalue weighted by atomic mass is 19.1. The van der Waals surface area contributed by atoms with E-state index in [4.69, 9.17) is 9.84 Å². The first kappa shape index (κ1) is 23.4. The van der Waals surface area contributed by atoms with E-state index < -0.39 is 17.6 Å². The van der Waals surface area contributed by atoms with Crippen molar-refractivity contribution in [3.05, 3.63) is 66.9 Å². The number of hydrogen-bond donors (Lipinski definition) is 2. The lowest BCUT2D eigenvalue weighted by Gasteiger charge is -2.27. The topological polar surface area (TPSA) is 88.1 Å². The molecule has 4 rings (SSSR count). The zero-order valence-electron chi connectivity index (χ0n) is 18.6. The lowest BCUT2D eigenvalue weighted by molar-refractivity contribution is -0.138. The van der Waals surface area contributed by atoms with E-state index in [1.165, 1.54) is 12.1 Å². The minimum atomic E-state index is -0.757. The van der Waals surface area contributed by atoms with E-state index >= 15 is 0 Å². The monoisotopic (exact) mass is 465 g/mol. The molecular weight excluding hydrogens is 440 g/mol. The van der Waals surface area contributed by atoms with Gasteiger partial charge in [0, 0.05) is 24.2 Å². The number of benzene rings is 1. The van der Waals surface area contributed by atoms with Gasteiger partial charge in [-0.3, -0.25) is 4.79 Å². The maximum absolute atomic E-state index is 14.9. The number of aliphatic carboxylic acids is 1. The van der Waals surface area contributed by atoms with Crippen LogP contribution in [0.5, 0.6) is 5.88 Å². The predicted molar refractivity (Wildman–Crippen MR) is 126 cm³/mol. The number of ether oxygens (including phenoxy) is 1. The first-order valence-corrected chi connectivity index (χ1v) is 11.1. The number of aromatic nitrogens is 3. The number of nitrogens with zero attached hydrogens (tertiary/aromatic N) is 2. The van der Waals surface area contributed by atoms with E-state index in [-0.39, 0.29) is 35.5 Å². The van der Waals surface area contributed by atoms with Crippen LogP contribution in [-0.4, -0.2) is 32.1 Å². The van der Waals surface area contributed by atoms with Crippen LogP contribution in [0.15, 0.2) is 49.7 Å². The molecule has 1 fully saturated rings. The Kier molecular flexibility index (Phi) is 6.86. The molecule has 1 aromatic carbocycles. The second-order valence-corrected chi connectivity index (χ2v) is 8.39. The van der Waals surface area contributed by atoms with Crippen molar-refractivity contribution in [3.63, 3.8) is 0 Å². The Hall–Kier alpha value is -3.81. The van der Waals surface area contributed by atoms with Crippen LogP contribution in [0.1, 0.15) is 43.5 Å². The van der Waals surface area contributed by atoms with Gasteiger partial charge in [-0.25, -0.2) is 18.7 Å². The van der Waals surface area contributed by atoms with E-state index in [9.17, 15) is 13.6 Å². The summed E-state index contributed by atoms with van der Waals surface area (Å²) in [5.74, 6) is -1.13. The first-order valence-electron chi connectivity index (χ1n) is 11.1. The smallest absolute Gasteiger partial charge is 0.303 e. The molecule has 1 saturated carbocycles. The molecule has 8 heteroatoms. The zero-order valence-corrected chi connectivity index (χ0v) is 18.6. The van der Waals surface area contributed by atoms with Gasteiger partial charge in [0.15, 0.2) is 0 Å². The Bertz CT molecular complexity index is 1210. The fourth-order valence-corrected chi connectivity index (χ4v) is 4.25. The summed E-state index contributed by atoms with van der Waals surface area (Å²) in [6, 6.07) is 8.23. The number of nitrogens with one attached hydrogen (secondary N) is 1. The normalized spacial score (nSPS) is 17.8. The Morgan fingerprint density at radius 3 is 2.50 bits per heavy atom. The van der Waals surface area contributed by atoms with Crippen molar-refractivity contribution < 1.29 is 23.4 Å². The van der Waals surface area contributed by atoms with Crippen LogP contribution >= 0.6 is 0 Å². The van der Waals surface area contributed by atoms with Gasteiger partial charge in [-0.2, -0.15) is 0 Å². The van der Waals surface area contributed by atoms with Crippen LogP contribution in [0.4, 0.5) is 8.78 Å². The third-order valence-electron chi connectivity index (χ3n) is 6.03. The van der Waals surface area contributed by atoms with Gasteiger partial charge in [0.05, 0.1) is 11.3 Å². The number of hydrogen-bond acceptors (Lipinski definition) is 4. The summed E-state index contributed by atoms with van der Waals surface area (Å²) < 4.78 is 34.4. The van der Waals surface area contributed by atoms with Crippen molar-refractivity contribution in [2.75, 3.05) is 0 Å². The number of aromatic amines is 1. The van der Waals surface area contributed by atoms with Crippen molar-refractivity contribution in [2.45, 2.75) is 38.2 Å². The molecule has 2 aromatic heterocycles. The second kappa shape index (κ2) is 9.99.